The Kier molecular flexibility index (Phi) is 3.64. The van der Waals surface area contributed by atoms with E-state index in [1.54, 1.807) is 0 Å². The molecule has 0 aliphatic rings. The number of rotatable bonds is 3. The van der Waals surface area contributed by atoms with E-state index < -0.39 is 0 Å². The van der Waals surface area contributed by atoms with Crippen LogP contribution in [0.15, 0.2) is 35.7 Å². The van der Waals surface area contributed by atoms with Crippen LogP contribution in [-0.2, 0) is 6.54 Å². The van der Waals surface area contributed by atoms with E-state index in [-0.39, 0.29) is 0 Å². The molecule has 0 saturated carbocycles. The van der Waals surface area contributed by atoms with E-state index in [1.165, 1.54) is 19.7 Å². The molecule has 1 N–H and O–H groups in total. The molecule has 1 aromatic carbocycles. The molecule has 1 aromatic heterocycles. The predicted molar refractivity (Wildman–Crippen MR) is 75.5 cm³/mol. The van der Waals surface area contributed by atoms with E-state index in [2.05, 4.69) is 70.5 Å². The van der Waals surface area contributed by atoms with Gasteiger partial charge in [-0.3, -0.25) is 0 Å². The zero-order valence-corrected chi connectivity index (χ0v) is 11.4. The van der Waals surface area contributed by atoms with Crippen molar-refractivity contribution in [2.24, 2.45) is 0 Å². The first-order valence-electron chi connectivity index (χ1n) is 4.78. The number of benzene rings is 1. The van der Waals surface area contributed by atoms with Gasteiger partial charge in [-0.15, -0.1) is 11.3 Å². The van der Waals surface area contributed by atoms with E-state index in [0.29, 0.717) is 0 Å². The van der Waals surface area contributed by atoms with E-state index in [9.17, 15) is 0 Å². The summed E-state index contributed by atoms with van der Waals surface area (Å²) < 4.78 is 1.26. The molecule has 0 bridgehead atoms. The second-order valence-electron chi connectivity index (χ2n) is 3.39. The Morgan fingerprint density at radius 3 is 2.87 bits per heavy atom. The summed E-state index contributed by atoms with van der Waals surface area (Å²) in [7, 11) is 0. The Hall–Kier alpha value is -0.550. The zero-order chi connectivity index (χ0) is 10.7. The third-order valence-electron chi connectivity index (χ3n) is 2.25. The molecule has 0 fully saturated rings. The number of hydrogen-bond acceptors (Lipinski definition) is 2. The van der Waals surface area contributed by atoms with Gasteiger partial charge in [-0.1, -0.05) is 6.07 Å². The molecule has 0 radical (unpaired) electrons. The van der Waals surface area contributed by atoms with Crippen molar-refractivity contribution < 1.29 is 0 Å². The monoisotopic (exact) mass is 329 g/mol. The molecule has 0 spiro atoms. The van der Waals surface area contributed by atoms with Crippen molar-refractivity contribution in [3.05, 3.63) is 49.7 Å². The number of anilines is 1. The second kappa shape index (κ2) is 4.99. The van der Waals surface area contributed by atoms with Gasteiger partial charge in [0.2, 0.25) is 0 Å². The van der Waals surface area contributed by atoms with E-state index in [0.717, 1.165) is 6.54 Å². The van der Waals surface area contributed by atoms with Crippen LogP contribution in [0.2, 0.25) is 0 Å². The first-order valence-corrected chi connectivity index (χ1v) is 6.74. The van der Waals surface area contributed by atoms with E-state index >= 15 is 0 Å². The summed E-state index contributed by atoms with van der Waals surface area (Å²) in [5.74, 6) is 0. The average molecular weight is 329 g/mol. The fraction of sp³-hybridized carbons (Fsp3) is 0.167. The lowest BCUT2D eigenvalue weighted by Gasteiger charge is -2.05. The molecule has 0 unspecified atom stereocenters. The molecule has 2 rings (SSSR count). The van der Waals surface area contributed by atoms with Crippen molar-refractivity contribution in [3.8, 4) is 0 Å². The summed E-state index contributed by atoms with van der Waals surface area (Å²) >= 11 is 4.14. The maximum absolute atomic E-state index is 3.43. The number of hydrogen-bond donors (Lipinski definition) is 1. The van der Waals surface area contributed by atoms with Gasteiger partial charge in [0.1, 0.15) is 0 Å². The Morgan fingerprint density at radius 1 is 1.33 bits per heavy atom. The minimum absolute atomic E-state index is 0.920. The largest absolute Gasteiger partial charge is 0.380 e. The van der Waals surface area contributed by atoms with Crippen LogP contribution in [-0.4, -0.2) is 0 Å². The number of nitrogens with one attached hydrogen (secondary N) is 1. The predicted octanol–water partition coefficient (Wildman–Crippen LogP) is 4.27. The number of halogens is 1. The summed E-state index contributed by atoms with van der Waals surface area (Å²) in [6, 6.07) is 10.6. The Morgan fingerprint density at radius 2 is 2.20 bits per heavy atom. The summed E-state index contributed by atoms with van der Waals surface area (Å²) in [6.45, 7) is 3.08. The number of thiophene rings is 1. The molecule has 78 valence electrons. The van der Waals surface area contributed by atoms with Crippen molar-refractivity contribution in [2.45, 2.75) is 13.5 Å². The summed E-state index contributed by atoms with van der Waals surface area (Å²) in [4.78, 5) is 1.41. The van der Waals surface area contributed by atoms with Crippen LogP contribution in [0.1, 0.15) is 10.4 Å². The first kappa shape index (κ1) is 11.0. The second-order valence-corrected chi connectivity index (χ2v) is 5.64. The van der Waals surface area contributed by atoms with Gasteiger partial charge in [0, 0.05) is 20.7 Å². The molecule has 3 heteroatoms. The highest BCUT2D eigenvalue weighted by atomic mass is 127. The van der Waals surface area contributed by atoms with E-state index in [1.807, 2.05) is 11.3 Å². The van der Waals surface area contributed by atoms with Crippen LogP contribution in [0.5, 0.6) is 0 Å². The lowest BCUT2D eigenvalue weighted by Crippen LogP contribution is -1.98. The van der Waals surface area contributed by atoms with Gasteiger partial charge in [0.05, 0.1) is 0 Å². The minimum atomic E-state index is 0.920. The fourth-order valence-corrected chi connectivity index (χ4v) is 2.75. The highest BCUT2D eigenvalue weighted by Crippen LogP contribution is 2.18. The van der Waals surface area contributed by atoms with Crippen molar-refractivity contribution in [1.29, 1.82) is 0 Å². The van der Waals surface area contributed by atoms with Crippen molar-refractivity contribution in [3.63, 3.8) is 0 Å². The smallest absolute Gasteiger partial charge is 0.0496 e. The third kappa shape index (κ3) is 2.95. The van der Waals surface area contributed by atoms with Gasteiger partial charge in [-0.05, 0) is 64.7 Å². The van der Waals surface area contributed by atoms with Crippen LogP contribution in [0.25, 0.3) is 0 Å². The minimum Gasteiger partial charge on any atom is -0.380 e. The quantitative estimate of drug-likeness (QED) is 0.829. The SMILES string of the molecule is Cc1ccsc1CNc1cccc(I)c1. The molecule has 0 aliphatic carbocycles. The maximum Gasteiger partial charge on any atom is 0.0496 e. The maximum atomic E-state index is 3.43. The highest BCUT2D eigenvalue weighted by molar-refractivity contribution is 14.1. The van der Waals surface area contributed by atoms with E-state index in [4.69, 9.17) is 0 Å². The standard InChI is InChI=1S/C12H12INS/c1-9-5-6-15-12(9)8-14-11-4-2-3-10(13)7-11/h2-7,14H,8H2,1H3. The lowest BCUT2D eigenvalue weighted by atomic mass is 10.3. The van der Waals surface area contributed by atoms with Crippen molar-refractivity contribution in [2.75, 3.05) is 5.32 Å². The molecule has 0 saturated heterocycles. The van der Waals surface area contributed by atoms with Crippen molar-refractivity contribution >= 4 is 39.6 Å². The molecule has 1 heterocycles. The van der Waals surface area contributed by atoms with Gasteiger partial charge in [0.25, 0.3) is 0 Å². The molecule has 0 aliphatic heterocycles. The molecule has 1 nitrogen and oxygen atoms in total. The highest BCUT2D eigenvalue weighted by Gasteiger charge is 1.99. The Bertz CT molecular complexity index is 450. The lowest BCUT2D eigenvalue weighted by molar-refractivity contribution is 1.17. The molecule has 0 amide bonds. The van der Waals surface area contributed by atoms with Crippen LogP contribution >= 0.6 is 33.9 Å². The normalized spacial score (nSPS) is 10.3. The summed E-state index contributed by atoms with van der Waals surface area (Å²) in [5.41, 5.74) is 2.56. The van der Waals surface area contributed by atoms with Gasteiger partial charge in [-0.25, -0.2) is 0 Å². The fourth-order valence-electron chi connectivity index (χ4n) is 1.37. The Balaban J connectivity index is 2.02. The Labute approximate surface area is 108 Å². The van der Waals surface area contributed by atoms with Crippen LogP contribution in [0.4, 0.5) is 5.69 Å². The van der Waals surface area contributed by atoms with Gasteiger partial charge < -0.3 is 5.32 Å². The zero-order valence-electron chi connectivity index (χ0n) is 8.46. The molecule has 2 aromatic rings. The summed E-state index contributed by atoms with van der Waals surface area (Å²) in [6.07, 6.45) is 0. The van der Waals surface area contributed by atoms with Crippen LogP contribution in [0, 0.1) is 10.5 Å². The number of aryl methyl sites for hydroxylation is 1. The molecular formula is C12H12INS. The summed E-state index contributed by atoms with van der Waals surface area (Å²) in [5, 5.41) is 5.57. The molecule has 0 atom stereocenters. The van der Waals surface area contributed by atoms with Crippen LogP contribution < -0.4 is 5.32 Å². The average Bonchev–Trinajstić information content (AvgIpc) is 2.61. The van der Waals surface area contributed by atoms with Crippen LogP contribution in [0.3, 0.4) is 0 Å². The van der Waals surface area contributed by atoms with Gasteiger partial charge >= 0.3 is 0 Å². The molecular weight excluding hydrogens is 317 g/mol. The third-order valence-corrected chi connectivity index (χ3v) is 3.94. The van der Waals surface area contributed by atoms with Gasteiger partial charge in [-0.2, -0.15) is 0 Å². The van der Waals surface area contributed by atoms with Gasteiger partial charge in [0.15, 0.2) is 0 Å². The first-order chi connectivity index (χ1) is 7.25. The topological polar surface area (TPSA) is 12.0 Å². The molecule has 15 heavy (non-hydrogen) atoms. The van der Waals surface area contributed by atoms with Crippen molar-refractivity contribution in [1.82, 2.24) is 0 Å².